The fourth-order valence-electron chi connectivity index (χ4n) is 0.782. The van der Waals surface area contributed by atoms with Crippen molar-refractivity contribution in [3.8, 4) is 0 Å². The molecule has 86 valence electrons. The van der Waals surface area contributed by atoms with E-state index in [0.717, 1.165) is 0 Å². The van der Waals surface area contributed by atoms with Gasteiger partial charge in [-0.25, -0.2) is 0 Å². The monoisotopic (exact) mass is 239 g/mol. The quantitative estimate of drug-likeness (QED) is 0.577. The Morgan fingerprint density at radius 3 is 1.21 bits per heavy atom. The largest absolute Gasteiger partial charge is 0.412 e. The lowest BCUT2D eigenvalue weighted by atomic mass is 10.3. The summed E-state index contributed by atoms with van der Waals surface area (Å²) in [5.41, 5.74) is 0. The molecule has 0 bridgehead atoms. The molecule has 0 aromatic heterocycles. The zero-order valence-corrected chi connectivity index (χ0v) is 8.85. The van der Waals surface area contributed by atoms with Crippen molar-refractivity contribution in [2.24, 2.45) is 0 Å². The van der Waals surface area contributed by atoms with Gasteiger partial charge in [0.25, 0.3) is 0 Å². The third-order valence-corrected chi connectivity index (χ3v) is 2.39. The van der Waals surface area contributed by atoms with E-state index in [9.17, 15) is 26.3 Å². The van der Waals surface area contributed by atoms with Crippen LogP contribution in [0.3, 0.4) is 0 Å². The zero-order valence-electron chi connectivity index (χ0n) is 7.85. The van der Waals surface area contributed by atoms with Crippen molar-refractivity contribution in [3.05, 3.63) is 0 Å². The second-order valence-electron chi connectivity index (χ2n) is 3.91. The highest BCUT2D eigenvalue weighted by atomic mass is 28.3. The van der Waals surface area contributed by atoms with Crippen molar-refractivity contribution < 1.29 is 26.3 Å². The van der Waals surface area contributed by atoms with E-state index in [2.05, 4.69) is 0 Å². The molecule has 0 saturated heterocycles. The van der Waals surface area contributed by atoms with Crippen molar-refractivity contribution in [1.82, 2.24) is 4.98 Å². The first-order chi connectivity index (χ1) is 5.84. The van der Waals surface area contributed by atoms with Gasteiger partial charge in [-0.3, -0.25) is 0 Å². The van der Waals surface area contributed by atoms with Crippen molar-refractivity contribution in [1.29, 1.82) is 0 Å². The minimum absolute atomic E-state index is 1.37. The van der Waals surface area contributed by atoms with E-state index in [4.69, 9.17) is 0 Å². The topological polar surface area (TPSA) is 12.0 Å². The molecule has 0 spiro atoms. The first-order valence-corrected chi connectivity index (χ1v) is 7.25. The fraction of sp³-hybridized carbons (Fsp3) is 1.00. The summed E-state index contributed by atoms with van der Waals surface area (Å²) in [6, 6.07) is -3.42. The van der Waals surface area contributed by atoms with Crippen LogP contribution in [-0.2, 0) is 0 Å². The molecule has 0 radical (unpaired) electrons. The van der Waals surface area contributed by atoms with Crippen molar-refractivity contribution in [2.45, 2.75) is 38.0 Å². The number of hydrogen-bond donors (Lipinski definition) is 1. The molecule has 0 aliphatic carbocycles. The van der Waals surface area contributed by atoms with Crippen molar-refractivity contribution in [3.63, 3.8) is 0 Å². The summed E-state index contributed by atoms with van der Waals surface area (Å²) in [5, 5.41) is 0. The highest BCUT2D eigenvalue weighted by Gasteiger charge is 2.57. The molecule has 0 atom stereocenters. The average molecular weight is 239 g/mol. The van der Waals surface area contributed by atoms with Crippen LogP contribution in [0.5, 0.6) is 0 Å². The lowest BCUT2D eigenvalue weighted by Crippen LogP contribution is -2.60. The van der Waals surface area contributed by atoms with E-state index in [0.29, 0.717) is 0 Å². The maximum Gasteiger partial charge on any atom is 0.412 e. The average Bonchev–Trinajstić information content (AvgIpc) is 1.75. The second-order valence-corrected chi connectivity index (χ2v) is 8.70. The molecule has 0 heterocycles. The van der Waals surface area contributed by atoms with Gasteiger partial charge in [0, 0.05) is 0 Å². The van der Waals surface area contributed by atoms with Crippen LogP contribution >= 0.6 is 0 Å². The number of rotatable bonds is 2. The van der Waals surface area contributed by atoms with Gasteiger partial charge in [-0.1, -0.05) is 19.6 Å². The Morgan fingerprint density at radius 2 is 1.14 bits per heavy atom. The van der Waals surface area contributed by atoms with Gasteiger partial charge in [0.2, 0.25) is 0 Å². The number of nitrogens with one attached hydrogen (secondary N) is 1. The first-order valence-electron chi connectivity index (χ1n) is 3.75. The maximum atomic E-state index is 12.0. The molecule has 0 unspecified atom stereocenters. The Kier molecular flexibility index (Phi) is 3.66. The molecule has 0 aliphatic heterocycles. The predicted octanol–water partition coefficient (Wildman–Crippen LogP) is 2.90. The van der Waals surface area contributed by atoms with E-state index in [1.807, 2.05) is 0 Å². The Morgan fingerprint density at radius 1 is 0.857 bits per heavy atom. The summed E-state index contributed by atoms with van der Waals surface area (Å²) in [4.78, 5) is 1.62. The molecule has 8 heteroatoms. The Bertz CT molecular complexity index is 176. The molecule has 0 aliphatic rings. The Balaban J connectivity index is 4.78. The number of halogens is 6. The fourth-order valence-corrected chi connectivity index (χ4v) is 1.98. The van der Waals surface area contributed by atoms with Crippen LogP contribution in [0.25, 0.3) is 0 Å². The van der Waals surface area contributed by atoms with Crippen LogP contribution in [-0.4, -0.2) is 26.6 Å². The highest BCUT2D eigenvalue weighted by Crippen LogP contribution is 2.33. The van der Waals surface area contributed by atoms with Gasteiger partial charge in [0.05, 0.1) is 0 Å². The van der Waals surface area contributed by atoms with Gasteiger partial charge in [0.15, 0.2) is 6.04 Å². The Labute approximate surface area is 78.6 Å². The Hall–Kier alpha value is -0.243. The van der Waals surface area contributed by atoms with E-state index in [1.54, 1.807) is 4.98 Å². The standard InChI is InChI=1S/C6H11F6NSi/c1-14(2,3)13-4(5(7,8)9)6(10,11)12/h4,13H,1-3H3. The zero-order chi connectivity index (χ0) is 11.8. The van der Waals surface area contributed by atoms with Crippen LogP contribution in [0.2, 0.25) is 19.6 Å². The van der Waals surface area contributed by atoms with E-state index >= 15 is 0 Å². The molecule has 0 aromatic carbocycles. The SMILES string of the molecule is C[Si](C)(C)NC(C(F)(F)F)C(F)(F)F. The minimum atomic E-state index is -5.29. The number of alkyl halides is 6. The molecular formula is C6H11F6NSi. The third kappa shape index (κ3) is 4.84. The molecule has 0 aromatic rings. The molecule has 0 amide bonds. The first kappa shape index (κ1) is 13.8. The van der Waals surface area contributed by atoms with E-state index < -0.39 is 26.6 Å². The van der Waals surface area contributed by atoms with Crippen LogP contribution in [0, 0.1) is 0 Å². The molecule has 1 nitrogen and oxygen atoms in total. The van der Waals surface area contributed by atoms with Gasteiger partial charge in [0.1, 0.15) is 8.24 Å². The highest BCUT2D eigenvalue weighted by molar-refractivity contribution is 6.73. The lowest BCUT2D eigenvalue weighted by Gasteiger charge is -2.30. The lowest BCUT2D eigenvalue weighted by molar-refractivity contribution is -0.254. The minimum Gasteiger partial charge on any atom is -0.320 e. The summed E-state index contributed by atoms with van der Waals surface area (Å²) in [7, 11) is -2.63. The second kappa shape index (κ2) is 3.73. The molecule has 14 heavy (non-hydrogen) atoms. The summed E-state index contributed by atoms with van der Waals surface area (Å²) in [6.45, 7) is 4.12. The van der Waals surface area contributed by atoms with Gasteiger partial charge in [-0.15, -0.1) is 0 Å². The van der Waals surface area contributed by atoms with Gasteiger partial charge < -0.3 is 4.98 Å². The summed E-state index contributed by atoms with van der Waals surface area (Å²) in [5.74, 6) is 0. The van der Waals surface area contributed by atoms with Crippen molar-refractivity contribution in [2.75, 3.05) is 0 Å². The normalized spacial score (nSPS) is 15.0. The van der Waals surface area contributed by atoms with Gasteiger partial charge in [-0.2, -0.15) is 26.3 Å². The smallest absolute Gasteiger partial charge is 0.320 e. The molecule has 0 fully saturated rings. The molecule has 1 N–H and O–H groups in total. The summed E-state index contributed by atoms with van der Waals surface area (Å²) >= 11 is 0. The van der Waals surface area contributed by atoms with Crippen LogP contribution in [0.15, 0.2) is 0 Å². The summed E-state index contributed by atoms with van der Waals surface area (Å²) in [6.07, 6.45) is -10.6. The molecule has 0 rings (SSSR count). The van der Waals surface area contributed by atoms with Gasteiger partial charge in [-0.05, 0) is 0 Å². The molecular weight excluding hydrogens is 228 g/mol. The van der Waals surface area contributed by atoms with Crippen LogP contribution in [0.1, 0.15) is 0 Å². The summed E-state index contributed by atoms with van der Waals surface area (Å²) < 4.78 is 71.9. The van der Waals surface area contributed by atoms with Crippen LogP contribution < -0.4 is 4.98 Å². The predicted molar refractivity (Wildman–Crippen MR) is 42.4 cm³/mol. The molecule has 0 saturated carbocycles. The van der Waals surface area contributed by atoms with Gasteiger partial charge >= 0.3 is 12.4 Å². The van der Waals surface area contributed by atoms with Crippen LogP contribution in [0.4, 0.5) is 26.3 Å². The third-order valence-electron chi connectivity index (χ3n) is 1.23. The van der Waals surface area contributed by atoms with E-state index in [-0.39, 0.29) is 0 Å². The van der Waals surface area contributed by atoms with Crippen molar-refractivity contribution >= 4 is 8.24 Å². The van der Waals surface area contributed by atoms with E-state index in [1.165, 1.54) is 19.6 Å². The maximum absolute atomic E-state index is 12.0. The number of hydrogen-bond acceptors (Lipinski definition) is 1.